The molecule has 5 heteroatoms. The molecule has 2 rings (SSSR count). The summed E-state index contributed by atoms with van der Waals surface area (Å²) in [6, 6.07) is 5.21. The SMILES string of the molecule is COc1cccc(OC)c1C(=O)C1COCCO1. The third-order valence-corrected chi connectivity index (χ3v) is 2.78. The smallest absolute Gasteiger partial charge is 0.201 e. The Morgan fingerprint density at radius 1 is 1.22 bits per heavy atom. The van der Waals surface area contributed by atoms with Gasteiger partial charge >= 0.3 is 0 Å². The van der Waals surface area contributed by atoms with Gasteiger partial charge < -0.3 is 18.9 Å². The number of ketones is 1. The largest absolute Gasteiger partial charge is 0.496 e. The van der Waals surface area contributed by atoms with Crippen LogP contribution in [0.1, 0.15) is 10.4 Å². The molecule has 0 spiro atoms. The van der Waals surface area contributed by atoms with Gasteiger partial charge in [-0.2, -0.15) is 0 Å². The van der Waals surface area contributed by atoms with Crippen LogP contribution in [0.4, 0.5) is 0 Å². The van der Waals surface area contributed by atoms with Gasteiger partial charge in [-0.05, 0) is 12.1 Å². The molecule has 0 amide bonds. The third kappa shape index (κ3) is 2.47. The number of carbonyl (C=O) groups is 1. The number of benzene rings is 1. The van der Waals surface area contributed by atoms with Crippen LogP contribution in [0, 0.1) is 0 Å². The molecule has 1 aromatic rings. The van der Waals surface area contributed by atoms with Gasteiger partial charge in [-0.25, -0.2) is 0 Å². The zero-order valence-corrected chi connectivity index (χ0v) is 10.5. The maximum atomic E-state index is 12.4. The zero-order valence-electron chi connectivity index (χ0n) is 10.5. The number of ether oxygens (including phenoxy) is 4. The fourth-order valence-electron chi connectivity index (χ4n) is 1.89. The van der Waals surface area contributed by atoms with E-state index in [0.717, 1.165) is 0 Å². The van der Waals surface area contributed by atoms with E-state index in [0.29, 0.717) is 30.3 Å². The van der Waals surface area contributed by atoms with Gasteiger partial charge in [0.05, 0.1) is 34.0 Å². The van der Waals surface area contributed by atoms with Crippen LogP contribution in [-0.2, 0) is 9.47 Å². The average Bonchev–Trinajstić information content (AvgIpc) is 2.46. The second kappa shape index (κ2) is 5.84. The van der Waals surface area contributed by atoms with E-state index < -0.39 is 6.10 Å². The molecule has 0 aliphatic carbocycles. The predicted molar refractivity (Wildman–Crippen MR) is 64.4 cm³/mol. The summed E-state index contributed by atoms with van der Waals surface area (Å²) in [5, 5.41) is 0. The van der Waals surface area contributed by atoms with Crippen LogP contribution in [0.25, 0.3) is 0 Å². The molecular formula is C13H16O5. The molecule has 1 atom stereocenters. The van der Waals surface area contributed by atoms with Gasteiger partial charge in [0.2, 0.25) is 5.78 Å². The summed E-state index contributed by atoms with van der Waals surface area (Å²) in [6.07, 6.45) is -0.594. The van der Waals surface area contributed by atoms with Gasteiger partial charge in [0.1, 0.15) is 23.2 Å². The summed E-state index contributed by atoms with van der Waals surface area (Å²) >= 11 is 0. The summed E-state index contributed by atoms with van der Waals surface area (Å²) < 4.78 is 21.1. The maximum Gasteiger partial charge on any atom is 0.201 e. The molecule has 1 aliphatic rings. The van der Waals surface area contributed by atoms with E-state index in [2.05, 4.69) is 0 Å². The highest BCUT2D eigenvalue weighted by atomic mass is 16.6. The molecule has 18 heavy (non-hydrogen) atoms. The van der Waals surface area contributed by atoms with Gasteiger partial charge in [-0.1, -0.05) is 6.07 Å². The quantitative estimate of drug-likeness (QED) is 0.756. The lowest BCUT2D eigenvalue weighted by Gasteiger charge is -2.23. The lowest BCUT2D eigenvalue weighted by molar-refractivity contribution is -0.0720. The number of carbonyl (C=O) groups excluding carboxylic acids is 1. The molecule has 0 bridgehead atoms. The summed E-state index contributed by atoms with van der Waals surface area (Å²) in [6.45, 7) is 1.21. The Morgan fingerprint density at radius 2 is 1.89 bits per heavy atom. The first-order chi connectivity index (χ1) is 8.77. The monoisotopic (exact) mass is 252 g/mol. The van der Waals surface area contributed by atoms with E-state index in [4.69, 9.17) is 18.9 Å². The number of methoxy groups -OCH3 is 2. The van der Waals surface area contributed by atoms with E-state index in [1.54, 1.807) is 18.2 Å². The van der Waals surface area contributed by atoms with E-state index in [1.165, 1.54) is 14.2 Å². The molecule has 1 aliphatic heterocycles. The molecule has 0 radical (unpaired) electrons. The van der Waals surface area contributed by atoms with E-state index in [9.17, 15) is 4.79 Å². The lowest BCUT2D eigenvalue weighted by atomic mass is 10.0. The summed E-state index contributed by atoms with van der Waals surface area (Å²) in [5.41, 5.74) is 0.401. The Morgan fingerprint density at radius 3 is 2.39 bits per heavy atom. The predicted octanol–water partition coefficient (Wildman–Crippen LogP) is 1.30. The van der Waals surface area contributed by atoms with Crippen LogP contribution in [0.15, 0.2) is 18.2 Å². The first kappa shape index (κ1) is 12.9. The minimum absolute atomic E-state index is 0.177. The fraction of sp³-hybridized carbons (Fsp3) is 0.462. The Kier molecular flexibility index (Phi) is 4.17. The Balaban J connectivity index is 2.32. The van der Waals surface area contributed by atoms with Crippen LogP contribution in [0.2, 0.25) is 0 Å². The third-order valence-electron chi connectivity index (χ3n) is 2.78. The van der Waals surface area contributed by atoms with Crippen LogP contribution in [-0.4, -0.2) is 45.9 Å². The molecule has 5 nitrogen and oxygen atoms in total. The number of Topliss-reactive ketones (excluding diaryl/α,β-unsaturated/α-hetero) is 1. The molecule has 0 N–H and O–H groups in total. The van der Waals surface area contributed by atoms with Crippen molar-refractivity contribution >= 4 is 5.78 Å². The van der Waals surface area contributed by atoms with Crippen LogP contribution < -0.4 is 9.47 Å². The second-order valence-corrected chi connectivity index (χ2v) is 3.84. The number of hydrogen-bond acceptors (Lipinski definition) is 5. The van der Waals surface area contributed by atoms with Crippen LogP contribution >= 0.6 is 0 Å². The first-order valence-corrected chi connectivity index (χ1v) is 5.72. The van der Waals surface area contributed by atoms with Crippen molar-refractivity contribution < 1.29 is 23.7 Å². The van der Waals surface area contributed by atoms with Crippen molar-refractivity contribution in [2.45, 2.75) is 6.10 Å². The van der Waals surface area contributed by atoms with Crippen LogP contribution in [0.5, 0.6) is 11.5 Å². The molecule has 1 fully saturated rings. The van der Waals surface area contributed by atoms with E-state index in [1.807, 2.05) is 0 Å². The second-order valence-electron chi connectivity index (χ2n) is 3.84. The average molecular weight is 252 g/mol. The number of rotatable bonds is 4. The Bertz CT molecular complexity index is 401. The normalized spacial score (nSPS) is 19.3. The molecule has 1 unspecified atom stereocenters. The minimum Gasteiger partial charge on any atom is -0.496 e. The topological polar surface area (TPSA) is 54.0 Å². The maximum absolute atomic E-state index is 12.4. The van der Waals surface area contributed by atoms with Crippen molar-refractivity contribution in [3.63, 3.8) is 0 Å². The van der Waals surface area contributed by atoms with Crippen LogP contribution in [0.3, 0.4) is 0 Å². The Hall–Kier alpha value is -1.59. The summed E-state index contributed by atoms with van der Waals surface area (Å²) in [4.78, 5) is 12.4. The van der Waals surface area contributed by atoms with E-state index in [-0.39, 0.29) is 12.4 Å². The summed E-state index contributed by atoms with van der Waals surface area (Å²) in [5.74, 6) is 0.783. The van der Waals surface area contributed by atoms with Crippen molar-refractivity contribution in [2.24, 2.45) is 0 Å². The van der Waals surface area contributed by atoms with Crippen molar-refractivity contribution in [1.82, 2.24) is 0 Å². The van der Waals surface area contributed by atoms with Gasteiger partial charge in [-0.3, -0.25) is 4.79 Å². The highest BCUT2D eigenvalue weighted by Crippen LogP contribution is 2.30. The molecular weight excluding hydrogens is 236 g/mol. The molecule has 0 aromatic heterocycles. The molecule has 0 saturated carbocycles. The molecule has 1 saturated heterocycles. The van der Waals surface area contributed by atoms with E-state index >= 15 is 0 Å². The van der Waals surface area contributed by atoms with Crippen molar-refractivity contribution in [3.8, 4) is 11.5 Å². The summed E-state index contributed by atoms with van der Waals surface area (Å²) in [7, 11) is 3.04. The zero-order chi connectivity index (χ0) is 13.0. The van der Waals surface area contributed by atoms with Crippen molar-refractivity contribution in [2.75, 3.05) is 34.0 Å². The van der Waals surface area contributed by atoms with Crippen molar-refractivity contribution in [1.29, 1.82) is 0 Å². The van der Waals surface area contributed by atoms with Gasteiger partial charge in [-0.15, -0.1) is 0 Å². The fourth-order valence-corrected chi connectivity index (χ4v) is 1.89. The first-order valence-electron chi connectivity index (χ1n) is 5.72. The lowest BCUT2D eigenvalue weighted by Crippen LogP contribution is -2.35. The van der Waals surface area contributed by atoms with Crippen molar-refractivity contribution in [3.05, 3.63) is 23.8 Å². The highest BCUT2D eigenvalue weighted by Gasteiger charge is 2.28. The minimum atomic E-state index is -0.594. The highest BCUT2D eigenvalue weighted by molar-refractivity contribution is 6.04. The Labute approximate surface area is 106 Å². The molecule has 1 aromatic carbocycles. The van der Waals surface area contributed by atoms with Gasteiger partial charge in [0.25, 0.3) is 0 Å². The van der Waals surface area contributed by atoms with Gasteiger partial charge in [0, 0.05) is 0 Å². The number of hydrogen-bond donors (Lipinski definition) is 0. The molecule has 98 valence electrons. The standard InChI is InChI=1S/C13H16O5/c1-15-9-4-3-5-10(16-2)12(9)13(14)11-8-17-6-7-18-11/h3-5,11H,6-8H2,1-2H3. The van der Waals surface area contributed by atoms with Gasteiger partial charge in [0.15, 0.2) is 0 Å². The molecule has 1 heterocycles.